The van der Waals surface area contributed by atoms with Crippen LogP contribution in [0, 0.1) is 53.3 Å². The van der Waals surface area contributed by atoms with Gasteiger partial charge in [0.25, 0.3) is 0 Å². The molecule has 12 aliphatic rings. The van der Waals surface area contributed by atoms with Gasteiger partial charge in [-0.1, -0.05) is 0 Å². The van der Waals surface area contributed by atoms with Crippen molar-refractivity contribution in [3.63, 3.8) is 0 Å². The van der Waals surface area contributed by atoms with E-state index in [1.54, 1.807) is 0 Å². The number of hydrogen-bond acceptors (Lipinski definition) is 3. The third-order valence-corrected chi connectivity index (χ3v) is 16.8. The lowest BCUT2D eigenvalue weighted by Crippen LogP contribution is -2.51. The Bertz CT molecular complexity index is 1430. The van der Waals surface area contributed by atoms with Gasteiger partial charge < -0.3 is 0 Å². The second-order valence-electron chi connectivity index (χ2n) is 20.0. The van der Waals surface area contributed by atoms with E-state index < -0.39 is 5.79 Å². The number of nitrogens with zero attached hydrogens (tertiary/aromatic N) is 6. The first-order valence-electron chi connectivity index (χ1n) is 20.0. The summed E-state index contributed by atoms with van der Waals surface area (Å²) in [6.45, 7) is 2.34. The summed E-state index contributed by atoms with van der Waals surface area (Å²) in [6, 6.07) is 7.20. The van der Waals surface area contributed by atoms with E-state index in [1.807, 2.05) is 0 Å². The van der Waals surface area contributed by atoms with Crippen LogP contribution in [0.4, 0.5) is 0 Å². The van der Waals surface area contributed by atoms with Crippen LogP contribution in [0.2, 0.25) is 0 Å². The molecular formula is C41H54N6. The van der Waals surface area contributed by atoms with Gasteiger partial charge in [0.15, 0.2) is 0 Å². The molecule has 12 fully saturated rings. The molecule has 0 saturated heterocycles. The minimum atomic E-state index is -0.665. The number of rotatable bonds is 6. The van der Waals surface area contributed by atoms with Gasteiger partial charge in [-0.2, -0.15) is 15.3 Å². The lowest BCUT2D eigenvalue weighted by Gasteiger charge is -2.56. The molecule has 3 aromatic heterocycles. The highest BCUT2D eigenvalue weighted by Gasteiger charge is 2.56. The maximum absolute atomic E-state index is 5.62. The van der Waals surface area contributed by atoms with Crippen LogP contribution in [0.15, 0.2) is 36.8 Å². The molecule has 3 heterocycles. The molecule has 0 N–H and O–H groups in total. The Morgan fingerprint density at radius 3 is 0.851 bits per heavy atom. The average Bonchev–Trinajstić information content (AvgIpc) is 3.81. The van der Waals surface area contributed by atoms with Crippen molar-refractivity contribution in [3.8, 4) is 0 Å². The van der Waals surface area contributed by atoms with Crippen molar-refractivity contribution < 1.29 is 0 Å². The summed E-state index contributed by atoms with van der Waals surface area (Å²) in [7, 11) is 0. The summed E-state index contributed by atoms with van der Waals surface area (Å²) in [5, 5.41) is 16.9. The van der Waals surface area contributed by atoms with Crippen LogP contribution in [0.25, 0.3) is 0 Å². The Balaban J connectivity index is 0.960. The molecule has 15 rings (SSSR count). The zero-order valence-electron chi connectivity index (χ0n) is 28.6. The second-order valence-corrected chi connectivity index (χ2v) is 20.0. The molecule has 47 heavy (non-hydrogen) atoms. The summed E-state index contributed by atoms with van der Waals surface area (Å²) < 4.78 is 6.82. The van der Waals surface area contributed by atoms with Gasteiger partial charge in [-0.05, 0) is 187 Å². The zero-order chi connectivity index (χ0) is 30.8. The molecular weight excluding hydrogens is 576 g/mol. The highest BCUT2D eigenvalue weighted by molar-refractivity contribution is 5.26. The van der Waals surface area contributed by atoms with Gasteiger partial charge in [0.05, 0.1) is 17.1 Å². The van der Waals surface area contributed by atoms with Crippen molar-refractivity contribution in [1.29, 1.82) is 0 Å². The largest absolute Gasteiger partial charge is 0.245 e. The molecule has 248 valence electrons. The van der Waals surface area contributed by atoms with E-state index in [9.17, 15) is 0 Å². The first-order valence-corrected chi connectivity index (χ1v) is 20.0. The van der Waals surface area contributed by atoms with Crippen molar-refractivity contribution in [3.05, 3.63) is 53.9 Å². The van der Waals surface area contributed by atoms with Crippen LogP contribution in [0.3, 0.4) is 0 Å². The first kappa shape index (κ1) is 27.5. The normalized spacial score (nSPS) is 48.1. The molecule has 0 aromatic carbocycles. The van der Waals surface area contributed by atoms with E-state index in [-0.39, 0.29) is 16.2 Å². The minimum Gasteiger partial charge on any atom is -0.225 e. The first-order chi connectivity index (χ1) is 22.8. The fraction of sp³-hybridized carbons (Fsp3) is 0.780. The van der Waals surface area contributed by atoms with Gasteiger partial charge in [0, 0.05) is 41.8 Å². The molecule has 12 saturated carbocycles. The molecule has 12 aliphatic carbocycles. The predicted molar refractivity (Wildman–Crippen MR) is 181 cm³/mol. The molecule has 6 heteroatoms. The SMILES string of the molecule is CC(n1ccc(C23CC4CC(CC(C4)C2)C3)n1)(n1ccc(C23CC4CC(CC(C4)C2)C3)n1)n1ccc(C23CC4CC(CC(C4)C2)C3)n1. The van der Waals surface area contributed by atoms with Crippen LogP contribution in [0.1, 0.15) is 140 Å². The van der Waals surface area contributed by atoms with Crippen molar-refractivity contribution in [2.45, 2.75) is 145 Å². The monoisotopic (exact) mass is 630 g/mol. The van der Waals surface area contributed by atoms with Crippen LogP contribution in [-0.4, -0.2) is 29.3 Å². The van der Waals surface area contributed by atoms with E-state index in [2.05, 4.69) is 57.8 Å². The summed E-state index contributed by atoms with van der Waals surface area (Å²) in [4.78, 5) is 0. The molecule has 0 spiro atoms. The molecule has 6 nitrogen and oxygen atoms in total. The topological polar surface area (TPSA) is 53.5 Å². The Morgan fingerprint density at radius 2 is 0.638 bits per heavy atom. The summed E-state index contributed by atoms with van der Waals surface area (Å²) >= 11 is 0. The van der Waals surface area contributed by atoms with Gasteiger partial charge in [-0.3, -0.25) is 0 Å². The Labute approximate surface area is 280 Å². The summed E-state index contributed by atoms with van der Waals surface area (Å²) in [5.41, 5.74) is 4.90. The van der Waals surface area contributed by atoms with Crippen LogP contribution >= 0.6 is 0 Å². The second kappa shape index (κ2) is 9.04. The van der Waals surface area contributed by atoms with Crippen LogP contribution in [-0.2, 0) is 22.0 Å². The number of hydrogen-bond donors (Lipinski definition) is 0. The van der Waals surface area contributed by atoms with Gasteiger partial charge in [-0.25, -0.2) is 14.0 Å². The maximum atomic E-state index is 5.62. The molecule has 0 atom stereocenters. The van der Waals surface area contributed by atoms with Crippen molar-refractivity contribution in [1.82, 2.24) is 29.3 Å². The smallest absolute Gasteiger partial charge is 0.225 e. The standard InChI is InChI=1S/C41H54N6/c1-38(45-5-2-35(42-45)39-17-26-8-27(18-39)10-28(9-26)19-39,46-6-3-36(43-46)40-20-29-11-30(21-40)13-31(12-29)22-40)47-7-4-37(44-47)41-23-32-14-33(24-41)16-34(15-32)25-41/h2-7,26-34H,8-25H2,1H3. The van der Waals surface area contributed by atoms with Crippen molar-refractivity contribution in [2.75, 3.05) is 0 Å². The zero-order valence-corrected chi connectivity index (χ0v) is 28.6. The predicted octanol–water partition coefficient (Wildman–Crippen LogP) is 8.41. The molecule has 0 unspecified atom stereocenters. The van der Waals surface area contributed by atoms with Gasteiger partial charge in [0.1, 0.15) is 0 Å². The van der Waals surface area contributed by atoms with E-state index >= 15 is 0 Å². The summed E-state index contributed by atoms with van der Waals surface area (Å²) in [6.07, 6.45) is 32.3. The van der Waals surface area contributed by atoms with Crippen LogP contribution in [0.5, 0.6) is 0 Å². The van der Waals surface area contributed by atoms with Crippen LogP contribution < -0.4 is 0 Å². The Kier molecular flexibility index (Phi) is 5.28. The molecule has 0 aliphatic heterocycles. The van der Waals surface area contributed by atoms with Gasteiger partial charge in [0.2, 0.25) is 5.79 Å². The van der Waals surface area contributed by atoms with Gasteiger partial charge >= 0.3 is 0 Å². The van der Waals surface area contributed by atoms with E-state index in [0.717, 1.165) is 53.3 Å². The highest BCUT2D eigenvalue weighted by Crippen LogP contribution is 2.63. The van der Waals surface area contributed by atoms with E-state index in [1.165, 1.54) is 133 Å². The molecule has 0 radical (unpaired) electrons. The lowest BCUT2D eigenvalue weighted by molar-refractivity contribution is -0.00971. The van der Waals surface area contributed by atoms with E-state index in [0.29, 0.717) is 0 Å². The average molecular weight is 631 g/mol. The van der Waals surface area contributed by atoms with Gasteiger partial charge in [-0.15, -0.1) is 0 Å². The molecule has 3 aromatic rings. The Morgan fingerprint density at radius 1 is 0.426 bits per heavy atom. The summed E-state index contributed by atoms with van der Waals surface area (Å²) in [5.74, 6) is 7.59. The van der Waals surface area contributed by atoms with E-state index in [4.69, 9.17) is 15.3 Å². The third-order valence-electron chi connectivity index (χ3n) is 16.8. The minimum absolute atomic E-state index is 0.282. The number of aromatic nitrogens is 6. The Hall–Kier alpha value is -2.37. The fourth-order valence-electron chi connectivity index (χ4n) is 16.1. The highest BCUT2D eigenvalue weighted by atomic mass is 15.6. The maximum Gasteiger partial charge on any atom is 0.245 e. The third kappa shape index (κ3) is 3.77. The van der Waals surface area contributed by atoms with Crippen molar-refractivity contribution in [2.24, 2.45) is 53.3 Å². The fourth-order valence-corrected chi connectivity index (χ4v) is 16.1. The van der Waals surface area contributed by atoms with Crippen molar-refractivity contribution >= 4 is 0 Å². The molecule has 0 amide bonds. The lowest BCUT2D eigenvalue weighted by atomic mass is 9.49. The molecule has 12 bridgehead atoms. The quantitative estimate of drug-likeness (QED) is 0.275.